The SMILES string of the molecule is CN=C(NCCCn1cccn1)NCc1ccc(-n2cncn2)cc1.I. The van der Waals surface area contributed by atoms with Crippen molar-refractivity contribution in [2.75, 3.05) is 13.6 Å². The van der Waals surface area contributed by atoms with Gasteiger partial charge in [0.1, 0.15) is 12.7 Å². The molecule has 0 bridgehead atoms. The summed E-state index contributed by atoms with van der Waals surface area (Å²) in [5.41, 5.74) is 2.16. The highest BCUT2D eigenvalue weighted by Crippen LogP contribution is 2.07. The van der Waals surface area contributed by atoms with E-state index in [4.69, 9.17) is 0 Å². The Labute approximate surface area is 169 Å². The lowest BCUT2D eigenvalue weighted by Gasteiger charge is -2.12. The molecule has 8 nitrogen and oxygen atoms in total. The number of aliphatic imine (C=N–C) groups is 1. The topological polar surface area (TPSA) is 85.0 Å². The van der Waals surface area contributed by atoms with Gasteiger partial charge in [-0.25, -0.2) is 9.67 Å². The van der Waals surface area contributed by atoms with Crippen molar-refractivity contribution < 1.29 is 0 Å². The van der Waals surface area contributed by atoms with Crippen LogP contribution in [0.1, 0.15) is 12.0 Å². The van der Waals surface area contributed by atoms with Crippen molar-refractivity contribution in [3.8, 4) is 5.69 Å². The molecule has 0 fully saturated rings. The maximum absolute atomic E-state index is 4.25. The van der Waals surface area contributed by atoms with Gasteiger partial charge in [-0.1, -0.05) is 12.1 Å². The van der Waals surface area contributed by atoms with Crippen LogP contribution in [0.5, 0.6) is 0 Å². The first-order valence-electron chi connectivity index (χ1n) is 8.21. The number of benzene rings is 1. The highest BCUT2D eigenvalue weighted by molar-refractivity contribution is 14.0. The molecule has 138 valence electrons. The maximum atomic E-state index is 4.25. The van der Waals surface area contributed by atoms with Crippen molar-refractivity contribution >= 4 is 29.9 Å². The van der Waals surface area contributed by atoms with Crippen molar-refractivity contribution in [3.05, 3.63) is 60.9 Å². The van der Waals surface area contributed by atoms with Crippen LogP contribution in [0, 0.1) is 0 Å². The minimum atomic E-state index is 0. The quantitative estimate of drug-likeness (QED) is 0.240. The molecule has 2 aromatic heterocycles. The molecular weight excluding hydrogens is 443 g/mol. The Balaban J connectivity index is 0.00000243. The van der Waals surface area contributed by atoms with Crippen molar-refractivity contribution in [1.82, 2.24) is 35.2 Å². The summed E-state index contributed by atoms with van der Waals surface area (Å²) in [6.07, 6.45) is 7.95. The van der Waals surface area contributed by atoms with E-state index in [1.165, 1.54) is 11.9 Å². The van der Waals surface area contributed by atoms with Crippen molar-refractivity contribution in [2.24, 2.45) is 4.99 Å². The highest BCUT2D eigenvalue weighted by Gasteiger charge is 2.00. The average molecular weight is 466 g/mol. The number of nitrogens with one attached hydrogen (secondary N) is 2. The smallest absolute Gasteiger partial charge is 0.191 e. The van der Waals surface area contributed by atoms with E-state index >= 15 is 0 Å². The number of hydrogen-bond donors (Lipinski definition) is 2. The van der Waals surface area contributed by atoms with Gasteiger partial charge < -0.3 is 10.6 Å². The van der Waals surface area contributed by atoms with E-state index in [0.717, 1.165) is 31.2 Å². The fourth-order valence-electron chi connectivity index (χ4n) is 2.40. The number of halogens is 1. The molecule has 0 unspecified atom stereocenters. The molecule has 9 heteroatoms. The second-order valence-corrected chi connectivity index (χ2v) is 5.48. The van der Waals surface area contributed by atoms with E-state index in [1.807, 2.05) is 29.1 Å². The Morgan fingerprint density at radius 1 is 1.15 bits per heavy atom. The van der Waals surface area contributed by atoms with E-state index in [9.17, 15) is 0 Å². The standard InChI is InChI=1S/C17H22N8.HI/c1-18-17(20-8-2-10-24-11-3-9-22-24)21-12-15-4-6-16(7-5-15)25-14-19-13-23-25;/h3-7,9,11,13-14H,2,8,10,12H2,1H3,(H2,18,20,21);1H. The monoisotopic (exact) mass is 466 g/mol. The van der Waals surface area contributed by atoms with Crippen LogP contribution in [0.3, 0.4) is 0 Å². The molecule has 2 N–H and O–H groups in total. The van der Waals surface area contributed by atoms with E-state index in [0.29, 0.717) is 6.54 Å². The zero-order valence-corrected chi connectivity index (χ0v) is 16.9. The molecule has 0 atom stereocenters. The fourth-order valence-corrected chi connectivity index (χ4v) is 2.40. The summed E-state index contributed by atoms with van der Waals surface area (Å²) in [5.74, 6) is 0.792. The van der Waals surface area contributed by atoms with E-state index in [-0.39, 0.29) is 24.0 Å². The summed E-state index contributed by atoms with van der Waals surface area (Å²) in [5, 5.41) is 14.9. The highest BCUT2D eigenvalue weighted by atomic mass is 127. The minimum absolute atomic E-state index is 0. The summed E-state index contributed by atoms with van der Waals surface area (Å²) in [6, 6.07) is 10.1. The van der Waals surface area contributed by atoms with Gasteiger partial charge in [-0.3, -0.25) is 9.67 Å². The van der Waals surface area contributed by atoms with Crippen molar-refractivity contribution in [1.29, 1.82) is 0 Å². The molecule has 0 radical (unpaired) electrons. The molecule has 3 aromatic rings. The normalized spacial score (nSPS) is 11.0. The van der Waals surface area contributed by atoms with Gasteiger partial charge in [-0.05, 0) is 30.2 Å². The van der Waals surface area contributed by atoms with Crippen LogP contribution in [0.25, 0.3) is 5.69 Å². The molecule has 26 heavy (non-hydrogen) atoms. The first-order chi connectivity index (χ1) is 12.3. The first kappa shape index (κ1) is 19.9. The van der Waals surface area contributed by atoms with Crippen molar-refractivity contribution in [3.63, 3.8) is 0 Å². The zero-order chi connectivity index (χ0) is 17.3. The molecule has 3 rings (SSSR count). The van der Waals surface area contributed by atoms with Crippen LogP contribution in [0.4, 0.5) is 0 Å². The number of aromatic nitrogens is 5. The van der Waals surface area contributed by atoms with Gasteiger partial charge in [-0.2, -0.15) is 10.2 Å². The minimum Gasteiger partial charge on any atom is -0.356 e. The number of rotatable bonds is 7. The summed E-state index contributed by atoms with van der Waals surface area (Å²) < 4.78 is 3.66. The molecular formula is C17H23IN8. The van der Waals surface area contributed by atoms with Crippen LogP contribution in [-0.2, 0) is 13.1 Å². The summed E-state index contributed by atoms with van der Waals surface area (Å²) >= 11 is 0. The summed E-state index contributed by atoms with van der Waals surface area (Å²) in [7, 11) is 1.77. The van der Waals surface area contributed by atoms with Crippen molar-refractivity contribution in [2.45, 2.75) is 19.5 Å². The molecule has 0 aliphatic carbocycles. The van der Waals surface area contributed by atoms with Gasteiger partial charge in [0.15, 0.2) is 5.96 Å². The summed E-state index contributed by atoms with van der Waals surface area (Å²) in [6.45, 7) is 2.43. The molecule has 0 saturated carbocycles. The third-order valence-electron chi connectivity index (χ3n) is 3.72. The molecule has 0 aliphatic rings. The predicted molar refractivity (Wildman–Crippen MR) is 112 cm³/mol. The average Bonchev–Trinajstić information content (AvgIpc) is 3.35. The molecule has 0 saturated heterocycles. The maximum Gasteiger partial charge on any atom is 0.191 e. The molecule has 2 heterocycles. The third kappa shape index (κ3) is 5.83. The van der Waals surface area contributed by atoms with E-state index in [2.05, 4.69) is 42.9 Å². The van der Waals surface area contributed by atoms with Gasteiger partial charge >= 0.3 is 0 Å². The molecule has 1 aromatic carbocycles. The van der Waals surface area contributed by atoms with Gasteiger partial charge in [0, 0.05) is 39.1 Å². The number of guanidine groups is 1. The second-order valence-electron chi connectivity index (χ2n) is 5.48. The largest absolute Gasteiger partial charge is 0.356 e. The Hall–Kier alpha value is -2.43. The Bertz CT molecular complexity index is 766. The Morgan fingerprint density at radius 2 is 2.00 bits per heavy atom. The van der Waals surface area contributed by atoms with Gasteiger partial charge in [-0.15, -0.1) is 24.0 Å². The van der Waals surface area contributed by atoms with E-state index < -0.39 is 0 Å². The fraction of sp³-hybridized carbons (Fsp3) is 0.294. The van der Waals surface area contributed by atoms with Crippen LogP contribution in [0.2, 0.25) is 0 Å². The van der Waals surface area contributed by atoms with Gasteiger partial charge in [0.2, 0.25) is 0 Å². The van der Waals surface area contributed by atoms with Crippen LogP contribution in [0.15, 0.2) is 60.4 Å². The number of aryl methyl sites for hydroxylation is 1. The Kier molecular flexibility index (Phi) is 8.06. The first-order valence-corrected chi connectivity index (χ1v) is 8.21. The molecule has 0 aliphatic heterocycles. The lowest BCUT2D eigenvalue weighted by atomic mass is 10.2. The number of hydrogen-bond acceptors (Lipinski definition) is 4. The number of nitrogens with zero attached hydrogens (tertiary/aromatic N) is 6. The lowest BCUT2D eigenvalue weighted by Crippen LogP contribution is -2.37. The van der Waals surface area contributed by atoms with E-state index in [1.54, 1.807) is 24.3 Å². The second kappa shape index (κ2) is 10.5. The van der Waals surface area contributed by atoms with Gasteiger partial charge in [0.25, 0.3) is 0 Å². The predicted octanol–water partition coefficient (Wildman–Crippen LogP) is 1.84. The summed E-state index contributed by atoms with van der Waals surface area (Å²) in [4.78, 5) is 8.20. The van der Waals surface area contributed by atoms with Crippen LogP contribution in [-0.4, -0.2) is 44.1 Å². The van der Waals surface area contributed by atoms with Crippen LogP contribution < -0.4 is 10.6 Å². The van der Waals surface area contributed by atoms with Crippen LogP contribution >= 0.6 is 24.0 Å². The Morgan fingerprint density at radius 3 is 2.65 bits per heavy atom. The molecule has 0 spiro atoms. The van der Waals surface area contributed by atoms with Gasteiger partial charge in [0.05, 0.1) is 5.69 Å². The third-order valence-corrected chi connectivity index (χ3v) is 3.72. The molecule has 0 amide bonds. The lowest BCUT2D eigenvalue weighted by molar-refractivity contribution is 0.570. The zero-order valence-electron chi connectivity index (χ0n) is 14.6.